The number of benzene rings is 2. The number of hydrogen-bond donors (Lipinski definition) is 0. The van der Waals surface area contributed by atoms with Gasteiger partial charge >= 0.3 is 0 Å². The fourth-order valence-electron chi connectivity index (χ4n) is 3.99. The van der Waals surface area contributed by atoms with Crippen molar-refractivity contribution in [1.29, 1.82) is 0 Å². The minimum atomic E-state index is -0.268. The van der Waals surface area contributed by atoms with Crippen LogP contribution in [0.25, 0.3) is 0 Å². The molecule has 2 aromatic rings. The Labute approximate surface area is 157 Å². The molecule has 0 radical (unpaired) electrons. The van der Waals surface area contributed by atoms with E-state index in [2.05, 4.69) is 0 Å². The first-order chi connectivity index (χ1) is 13.1. The van der Waals surface area contributed by atoms with Gasteiger partial charge in [-0.15, -0.1) is 0 Å². The molecule has 2 amide bonds. The van der Waals surface area contributed by atoms with Crippen LogP contribution >= 0.6 is 0 Å². The van der Waals surface area contributed by atoms with Crippen molar-refractivity contribution in [2.24, 2.45) is 11.8 Å². The van der Waals surface area contributed by atoms with Gasteiger partial charge in [0.05, 0.1) is 17.7 Å². The fourth-order valence-corrected chi connectivity index (χ4v) is 3.99. The van der Waals surface area contributed by atoms with E-state index in [0.717, 1.165) is 25.7 Å². The summed E-state index contributed by atoms with van der Waals surface area (Å²) in [6.45, 7) is 1.11. The van der Waals surface area contributed by atoms with Gasteiger partial charge < -0.3 is 4.74 Å². The minimum absolute atomic E-state index is 0.169. The Morgan fingerprint density at radius 2 is 1.41 bits per heavy atom. The zero-order valence-corrected chi connectivity index (χ0v) is 15.1. The molecule has 0 bridgehead atoms. The average Bonchev–Trinajstić information content (AvgIpc) is 2.94. The minimum Gasteiger partial charge on any atom is -0.493 e. The highest BCUT2D eigenvalue weighted by Crippen LogP contribution is 2.32. The van der Waals surface area contributed by atoms with Crippen molar-refractivity contribution in [2.45, 2.75) is 25.7 Å². The van der Waals surface area contributed by atoms with Gasteiger partial charge in [-0.1, -0.05) is 12.1 Å². The second kappa shape index (κ2) is 7.51. The summed E-state index contributed by atoms with van der Waals surface area (Å²) in [5, 5.41) is 0. The maximum absolute atomic E-state index is 12.9. The lowest BCUT2D eigenvalue weighted by Crippen LogP contribution is -2.36. The quantitative estimate of drug-likeness (QED) is 0.740. The molecule has 0 unspecified atom stereocenters. The predicted molar refractivity (Wildman–Crippen MR) is 99.2 cm³/mol. The maximum atomic E-state index is 12.9. The van der Waals surface area contributed by atoms with E-state index >= 15 is 0 Å². The second-order valence-corrected chi connectivity index (χ2v) is 7.42. The van der Waals surface area contributed by atoms with E-state index in [9.17, 15) is 14.0 Å². The molecule has 0 spiro atoms. The van der Waals surface area contributed by atoms with Gasteiger partial charge in [0.2, 0.25) is 0 Å². The summed E-state index contributed by atoms with van der Waals surface area (Å²) in [6, 6.07) is 13.1. The highest BCUT2D eigenvalue weighted by molar-refractivity contribution is 6.21. The molecule has 1 fully saturated rings. The molecule has 0 N–H and O–H groups in total. The molecule has 1 heterocycles. The lowest BCUT2D eigenvalue weighted by molar-refractivity contribution is 0.0604. The van der Waals surface area contributed by atoms with Crippen LogP contribution in [0.4, 0.5) is 4.39 Å². The highest BCUT2D eigenvalue weighted by Gasteiger charge is 2.37. The first-order valence-electron chi connectivity index (χ1n) is 9.45. The molecule has 27 heavy (non-hydrogen) atoms. The third kappa shape index (κ3) is 3.72. The van der Waals surface area contributed by atoms with Gasteiger partial charge in [0, 0.05) is 6.54 Å². The van der Waals surface area contributed by atoms with Gasteiger partial charge in [-0.05, 0) is 73.9 Å². The van der Waals surface area contributed by atoms with Gasteiger partial charge in [-0.3, -0.25) is 14.5 Å². The molecule has 1 aliphatic carbocycles. The Morgan fingerprint density at radius 3 is 2.00 bits per heavy atom. The molecular formula is C22H22FNO3. The summed E-state index contributed by atoms with van der Waals surface area (Å²) in [5.41, 5.74) is 1.03. The van der Waals surface area contributed by atoms with Crippen LogP contribution in [-0.2, 0) is 0 Å². The topological polar surface area (TPSA) is 46.6 Å². The van der Waals surface area contributed by atoms with Crippen LogP contribution in [0.3, 0.4) is 0 Å². The molecule has 0 aromatic heterocycles. The standard InChI is InChI=1S/C22H22FNO3/c23-17-9-11-18(12-10-17)27-14-16-7-5-15(6-8-16)13-24-21(25)19-3-1-2-4-20(19)22(24)26/h1-4,9-12,15-16H,5-8,13-14H2. The van der Waals surface area contributed by atoms with Crippen molar-refractivity contribution in [3.8, 4) is 5.75 Å². The largest absolute Gasteiger partial charge is 0.493 e. The highest BCUT2D eigenvalue weighted by atomic mass is 19.1. The van der Waals surface area contributed by atoms with Crippen LogP contribution in [0, 0.1) is 17.7 Å². The summed E-state index contributed by atoms with van der Waals surface area (Å²) in [7, 11) is 0. The third-order valence-electron chi connectivity index (χ3n) is 5.58. The molecular weight excluding hydrogens is 345 g/mol. The maximum Gasteiger partial charge on any atom is 0.261 e. The normalized spacial score (nSPS) is 22.0. The van der Waals surface area contributed by atoms with Gasteiger partial charge in [-0.2, -0.15) is 0 Å². The van der Waals surface area contributed by atoms with Crippen molar-refractivity contribution in [2.75, 3.05) is 13.2 Å². The summed E-state index contributed by atoms with van der Waals surface area (Å²) < 4.78 is 18.7. The van der Waals surface area contributed by atoms with Crippen molar-refractivity contribution >= 4 is 11.8 Å². The molecule has 2 aliphatic rings. The Hall–Kier alpha value is -2.69. The van der Waals surface area contributed by atoms with Crippen LogP contribution < -0.4 is 4.74 Å². The number of rotatable bonds is 5. The lowest BCUT2D eigenvalue weighted by Gasteiger charge is -2.30. The lowest BCUT2D eigenvalue weighted by atomic mass is 9.82. The number of carbonyl (C=O) groups excluding carboxylic acids is 2. The van der Waals surface area contributed by atoms with Gasteiger partial charge in [0.15, 0.2) is 0 Å². The summed E-state index contributed by atoms with van der Waals surface area (Å²) >= 11 is 0. The third-order valence-corrected chi connectivity index (χ3v) is 5.58. The molecule has 1 saturated carbocycles. The fraction of sp³-hybridized carbons (Fsp3) is 0.364. The van der Waals surface area contributed by atoms with E-state index in [-0.39, 0.29) is 17.6 Å². The monoisotopic (exact) mass is 367 g/mol. The number of imide groups is 1. The van der Waals surface area contributed by atoms with Gasteiger partial charge in [0.25, 0.3) is 11.8 Å². The average molecular weight is 367 g/mol. The van der Waals surface area contributed by atoms with Crippen molar-refractivity contribution in [3.63, 3.8) is 0 Å². The predicted octanol–water partition coefficient (Wildman–Crippen LogP) is 4.31. The van der Waals surface area contributed by atoms with E-state index in [1.807, 2.05) is 0 Å². The van der Waals surface area contributed by atoms with E-state index in [1.54, 1.807) is 36.4 Å². The molecule has 4 rings (SSSR count). The molecule has 0 saturated heterocycles. The van der Waals surface area contributed by atoms with Crippen LogP contribution in [0.5, 0.6) is 5.75 Å². The SMILES string of the molecule is O=C1c2ccccc2C(=O)N1CC1CCC(COc2ccc(F)cc2)CC1. The van der Waals surface area contributed by atoms with Crippen LogP contribution in [0.1, 0.15) is 46.4 Å². The molecule has 0 atom stereocenters. The molecule has 1 aliphatic heterocycles. The van der Waals surface area contributed by atoms with E-state index in [0.29, 0.717) is 41.9 Å². The Bertz CT molecular complexity index is 806. The zero-order chi connectivity index (χ0) is 18.8. The van der Waals surface area contributed by atoms with Crippen LogP contribution in [-0.4, -0.2) is 29.9 Å². The first kappa shape index (κ1) is 17.7. The summed E-state index contributed by atoms with van der Waals surface area (Å²) in [6.07, 6.45) is 3.97. The molecule has 140 valence electrons. The Kier molecular flexibility index (Phi) is 4.92. The van der Waals surface area contributed by atoms with Gasteiger partial charge in [-0.25, -0.2) is 4.39 Å². The zero-order valence-electron chi connectivity index (χ0n) is 15.1. The molecule has 2 aromatic carbocycles. The van der Waals surface area contributed by atoms with Crippen molar-refractivity contribution in [1.82, 2.24) is 4.90 Å². The van der Waals surface area contributed by atoms with Crippen LogP contribution in [0.2, 0.25) is 0 Å². The van der Waals surface area contributed by atoms with Crippen LogP contribution in [0.15, 0.2) is 48.5 Å². The number of amides is 2. The van der Waals surface area contributed by atoms with Crippen molar-refractivity contribution < 1.29 is 18.7 Å². The molecule has 5 heteroatoms. The first-order valence-corrected chi connectivity index (χ1v) is 9.45. The van der Waals surface area contributed by atoms with E-state index in [4.69, 9.17) is 4.74 Å². The Balaban J connectivity index is 1.27. The van der Waals surface area contributed by atoms with E-state index < -0.39 is 0 Å². The number of hydrogen-bond acceptors (Lipinski definition) is 3. The Morgan fingerprint density at radius 1 is 0.852 bits per heavy atom. The number of fused-ring (bicyclic) bond motifs is 1. The number of ether oxygens (including phenoxy) is 1. The molecule has 4 nitrogen and oxygen atoms in total. The smallest absolute Gasteiger partial charge is 0.261 e. The number of carbonyl (C=O) groups is 2. The van der Waals surface area contributed by atoms with Gasteiger partial charge in [0.1, 0.15) is 11.6 Å². The van der Waals surface area contributed by atoms with Crippen molar-refractivity contribution in [3.05, 3.63) is 65.5 Å². The second-order valence-electron chi connectivity index (χ2n) is 7.42. The summed E-state index contributed by atoms with van der Waals surface area (Å²) in [5.74, 6) is 0.873. The van der Waals surface area contributed by atoms with E-state index in [1.165, 1.54) is 17.0 Å². The summed E-state index contributed by atoms with van der Waals surface area (Å²) in [4.78, 5) is 26.4. The number of nitrogens with zero attached hydrogens (tertiary/aromatic N) is 1. The number of halogens is 1.